The predicted octanol–water partition coefficient (Wildman–Crippen LogP) is 2.55. The smallest absolute Gasteiger partial charge is 0.337 e. The predicted molar refractivity (Wildman–Crippen MR) is 77.9 cm³/mol. The summed E-state index contributed by atoms with van der Waals surface area (Å²) >= 11 is 3.14. The first kappa shape index (κ1) is 15.5. The number of hydrogen-bond acceptors (Lipinski definition) is 5. The van der Waals surface area contributed by atoms with Crippen molar-refractivity contribution in [1.29, 1.82) is 0 Å². The molecule has 1 aromatic carbocycles. The van der Waals surface area contributed by atoms with Gasteiger partial charge in [-0.15, -0.1) is 0 Å². The number of rotatable bonds is 4. The van der Waals surface area contributed by atoms with Crippen LogP contribution in [-0.2, 0) is 10.0 Å². The number of anilines is 1. The second-order valence-electron chi connectivity index (χ2n) is 4.23. The number of nitrogens with zero attached hydrogens (tertiary/aromatic N) is 1. The second kappa shape index (κ2) is 5.49. The van der Waals surface area contributed by atoms with Gasteiger partial charge in [0, 0.05) is 4.47 Å². The van der Waals surface area contributed by atoms with E-state index in [4.69, 9.17) is 9.63 Å². The van der Waals surface area contributed by atoms with Gasteiger partial charge in [-0.25, -0.2) is 13.2 Å². The lowest BCUT2D eigenvalue weighted by molar-refractivity contribution is 0.0698. The number of sulfonamides is 1. The van der Waals surface area contributed by atoms with Crippen molar-refractivity contribution in [2.24, 2.45) is 0 Å². The van der Waals surface area contributed by atoms with Crippen molar-refractivity contribution in [3.05, 3.63) is 39.7 Å². The fourth-order valence-corrected chi connectivity index (χ4v) is 3.88. The normalized spacial score (nSPS) is 11.4. The number of carboxylic acids is 1. The van der Waals surface area contributed by atoms with Crippen LogP contribution in [0.4, 0.5) is 5.69 Å². The summed E-state index contributed by atoms with van der Waals surface area (Å²) in [6.45, 7) is 2.95. The molecule has 1 aromatic heterocycles. The lowest BCUT2D eigenvalue weighted by Crippen LogP contribution is -2.17. The number of hydrogen-bond donors (Lipinski definition) is 2. The molecule has 0 saturated carbocycles. The molecule has 112 valence electrons. The Balaban J connectivity index is 2.55. The molecule has 0 radical (unpaired) electrons. The minimum atomic E-state index is -4.01. The van der Waals surface area contributed by atoms with Gasteiger partial charge in [0.2, 0.25) is 0 Å². The Bertz CT molecular complexity index is 794. The fraction of sp³-hybridized carbons (Fsp3) is 0.167. The first-order chi connectivity index (χ1) is 9.74. The third-order valence-electron chi connectivity index (χ3n) is 2.72. The van der Waals surface area contributed by atoms with Crippen LogP contribution in [0, 0.1) is 13.8 Å². The summed E-state index contributed by atoms with van der Waals surface area (Å²) in [6, 6.07) is 4.34. The SMILES string of the molecule is Cc1noc(C)c1S(=O)(=O)Nc1c(Br)cccc1C(=O)O. The topological polar surface area (TPSA) is 110 Å². The van der Waals surface area contributed by atoms with Crippen molar-refractivity contribution < 1.29 is 22.8 Å². The number of benzene rings is 1. The second-order valence-corrected chi connectivity index (χ2v) is 6.70. The van der Waals surface area contributed by atoms with Crippen molar-refractivity contribution >= 4 is 37.6 Å². The lowest BCUT2D eigenvalue weighted by atomic mass is 10.2. The highest BCUT2D eigenvalue weighted by atomic mass is 79.9. The monoisotopic (exact) mass is 374 g/mol. The maximum atomic E-state index is 12.4. The summed E-state index contributed by atoms with van der Waals surface area (Å²) in [5.74, 6) is -1.11. The highest BCUT2D eigenvalue weighted by Crippen LogP contribution is 2.30. The highest BCUT2D eigenvalue weighted by molar-refractivity contribution is 9.10. The summed E-state index contributed by atoms with van der Waals surface area (Å²) < 4.78 is 32.2. The molecule has 1 heterocycles. The summed E-state index contributed by atoms with van der Waals surface area (Å²) in [5.41, 5.74) is -0.0198. The van der Waals surface area contributed by atoms with Crippen LogP contribution < -0.4 is 4.72 Å². The summed E-state index contributed by atoms with van der Waals surface area (Å²) in [6.07, 6.45) is 0. The van der Waals surface area contributed by atoms with E-state index < -0.39 is 16.0 Å². The zero-order valence-corrected chi connectivity index (χ0v) is 13.4. The van der Waals surface area contributed by atoms with Crippen LogP contribution in [0.5, 0.6) is 0 Å². The Morgan fingerprint density at radius 3 is 2.57 bits per heavy atom. The lowest BCUT2D eigenvalue weighted by Gasteiger charge is -2.12. The number of halogens is 1. The third-order valence-corrected chi connectivity index (χ3v) is 4.97. The Morgan fingerprint density at radius 1 is 1.38 bits per heavy atom. The van der Waals surface area contributed by atoms with Gasteiger partial charge in [0.1, 0.15) is 5.69 Å². The number of aromatic nitrogens is 1. The molecule has 2 N–H and O–H groups in total. The zero-order chi connectivity index (χ0) is 15.8. The number of aryl methyl sites for hydroxylation is 2. The van der Waals surface area contributed by atoms with Crippen molar-refractivity contribution in [3.63, 3.8) is 0 Å². The molecule has 0 fully saturated rings. The van der Waals surface area contributed by atoms with Crippen molar-refractivity contribution in [3.8, 4) is 0 Å². The van der Waals surface area contributed by atoms with E-state index in [9.17, 15) is 13.2 Å². The molecule has 0 aliphatic carbocycles. The van der Waals surface area contributed by atoms with Crippen LogP contribution in [-0.4, -0.2) is 24.7 Å². The van der Waals surface area contributed by atoms with Gasteiger partial charge in [0.15, 0.2) is 10.7 Å². The van der Waals surface area contributed by atoms with E-state index in [0.29, 0.717) is 4.47 Å². The van der Waals surface area contributed by atoms with Crippen LogP contribution in [0.1, 0.15) is 21.8 Å². The van der Waals surface area contributed by atoms with Crippen LogP contribution >= 0.6 is 15.9 Å². The van der Waals surface area contributed by atoms with Gasteiger partial charge in [-0.1, -0.05) is 11.2 Å². The number of aromatic carboxylic acids is 1. The molecule has 0 saturated heterocycles. The largest absolute Gasteiger partial charge is 0.478 e. The molecule has 21 heavy (non-hydrogen) atoms. The zero-order valence-electron chi connectivity index (χ0n) is 11.0. The van der Waals surface area contributed by atoms with E-state index in [1.807, 2.05) is 0 Å². The molecule has 0 amide bonds. The molecule has 0 atom stereocenters. The van der Waals surface area contributed by atoms with Gasteiger partial charge in [-0.2, -0.15) is 0 Å². The van der Waals surface area contributed by atoms with Crippen LogP contribution in [0.2, 0.25) is 0 Å². The minimum Gasteiger partial charge on any atom is -0.478 e. The number of nitrogens with one attached hydrogen (secondary N) is 1. The van der Waals surface area contributed by atoms with Gasteiger partial charge in [-0.3, -0.25) is 4.72 Å². The molecule has 0 bridgehead atoms. The van der Waals surface area contributed by atoms with E-state index in [-0.39, 0.29) is 27.6 Å². The first-order valence-electron chi connectivity index (χ1n) is 5.71. The van der Waals surface area contributed by atoms with Crippen LogP contribution in [0.25, 0.3) is 0 Å². The summed E-state index contributed by atoms with van der Waals surface area (Å²) in [4.78, 5) is 11.1. The van der Waals surface area contributed by atoms with Gasteiger partial charge < -0.3 is 9.63 Å². The quantitative estimate of drug-likeness (QED) is 0.850. The van der Waals surface area contributed by atoms with Gasteiger partial charge >= 0.3 is 5.97 Å². The Morgan fingerprint density at radius 2 is 2.05 bits per heavy atom. The number of para-hydroxylation sites is 1. The molecule has 7 nitrogen and oxygen atoms in total. The number of carboxylic acid groups (broad SMARTS) is 1. The molecule has 2 aromatic rings. The average molecular weight is 375 g/mol. The van der Waals surface area contributed by atoms with E-state index >= 15 is 0 Å². The van der Waals surface area contributed by atoms with Gasteiger partial charge in [0.25, 0.3) is 10.0 Å². The summed E-state index contributed by atoms with van der Waals surface area (Å²) in [7, 11) is -4.01. The van der Waals surface area contributed by atoms with Crippen molar-refractivity contribution in [2.75, 3.05) is 4.72 Å². The maximum Gasteiger partial charge on any atom is 0.337 e. The third kappa shape index (κ3) is 2.93. The molecule has 9 heteroatoms. The van der Waals surface area contributed by atoms with Crippen molar-refractivity contribution in [2.45, 2.75) is 18.7 Å². The molecule has 0 aliphatic heterocycles. The molecule has 0 aliphatic rings. The number of carbonyl (C=O) groups is 1. The first-order valence-corrected chi connectivity index (χ1v) is 7.99. The standard InChI is InChI=1S/C12H11BrN2O5S/c1-6-11(7(2)20-14-6)21(18,19)15-10-8(12(16)17)4-3-5-9(10)13/h3-5,15H,1-2H3,(H,16,17). The molecular formula is C12H11BrN2O5S. The van der Waals surface area contributed by atoms with Gasteiger partial charge in [-0.05, 0) is 41.9 Å². The van der Waals surface area contributed by atoms with Gasteiger partial charge in [0.05, 0.1) is 11.3 Å². The van der Waals surface area contributed by atoms with E-state index in [1.54, 1.807) is 0 Å². The van der Waals surface area contributed by atoms with Crippen LogP contribution in [0.3, 0.4) is 0 Å². The highest BCUT2D eigenvalue weighted by Gasteiger charge is 2.26. The fourth-order valence-electron chi connectivity index (χ4n) is 1.85. The summed E-state index contributed by atoms with van der Waals surface area (Å²) in [5, 5.41) is 12.7. The van der Waals surface area contributed by atoms with E-state index in [1.165, 1.54) is 32.0 Å². The van der Waals surface area contributed by atoms with E-state index in [0.717, 1.165) is 0 Å². The van der Waals surface area contributed by atoms with Crippen LogP contribution in [0.15, 0.2) is 32.1 Å². The molecule has 2 rings (SSSR count). The molecule has 0 unspecified atom stereocenters. The van der Waals surface area contributed by atoms with E-state index in [2.05, 4.69) is 25.8 Å². The Labute approximate surface area is 129 Å². The average Bonchev–Trinajstić information content (AvgIpc) is 2.71. The molecule has 0 spiro atoms. The maximum absolute atomic E-state index is 12.4. The molecular weight excluding hydrogens is 364 g/mol. The van der Waals surface area contributed by atoms with Crippen molar-refractivity contribution in [1.82, 2.24) is 5.16 Å². The Kier molecular flexibility index (Phi) is 4.06. The Hall–Kier alpha value is -1.87. The minimum absolute atomic E-state index is 0.0509.